The first-order chi connectivity index (χ1) is 6.38. The Labute approximate surface area is 88.6 Å². The highest BCUT2D eigenvalue weighted by atomic mass is 16.5. The zero-order chi connectivity index (χ0) is 11.2. The van der Waals surface area contributed by atoms with Crippen molar-refractivity contribution in [3.8, 4) is 0 Å². The van der Waals surface area contributed by atoms with Gasteiger partial charge in [-0.15, -0.1) is 0 Å². The maximum Gasteiger partial charge on any atom is 0.0613 e. The topological polar surface area (TPSA) is 38.5 Å². The first-order valence-electron chi connectivity index (χ1n) is 5.33. The molecule has 1 atom stereocenters. The molecule has 0 spiro atoms. The van der Waals surface area contributed by atoms with Gasteiger partial charge in [0.15, 0.2) is 0 Å². The van der Waals surface area contributed by atoms with Crippen molar-refractivity contribution in [2.24, 2.45) is 5.73 Å². The summed E-state index contributed by atoms with van der Waals surface area (Å²) in [5.41, 5.74) is 6.09. The molecule has 0 saturated carbocycles. The quantitative estimate of drug-likeness (QED) is 0.709. The lowest BCUT2D eigenvalue weighted by atomic mass is 10.1. The predicted octanol–water partition coefficient (Wildman–Crippen LogP) is 1.47. The van der Waals surface area contributed by atoms with Crippen LogP contribution < -0.4 is 5.73 Å². The lowest BCUT2D eigenvalue weighted by Crippen LogP contribution is -2.39. The smallest absolute Gasteiger partial charge is 0.0613 e. The molecule has 0 rings (SSSR count). The normalized spacial score (nSPS) is 14.8. The summed E-state index contributed by atoms with van der Waals surface area (Å²) in [6, 6.07) is 0.188. The van der Waals surface area contributed by atoms with E-state index in [1.165, 1.54) is 0 Å². The summed E-state index contributed by atoms with van der Waals surface area (Å²) in [5.74, 6) is 0. The molecule has 0 amide bonds. The van der Waals surface area contributed by atoms with Crippen molar-refractivity contribution < 1.29 is 4.74 Å². The van der Waals surface area contributed by atoms with Gasteiger partial charge in [0.25, 0.3) is 0 Å². The van der Waals surface area contributed by atoms with Crippen LogP contribution in [0.25, 0.3) is 0 Å². The third kappa shape index (κ3) is 6.35. The second-order valence-electron chi connectivity index (χ2n) is 4.95. The van der Waals surface area contributed by atoms with Crippen LogP contribution in [0.2, 0.25) is 0 Å². The van der Waals surface area contributed by atoms with Crippen LogP contribution in [0.4, 0.5) is 0 Å². The largest absolute Gasteiger partial charge is 0.383 e. The molecule has 0 aliphatic heterocycles. The van der Waals surface area contributed by atoms with Crippen LogP contribution in [0.3, 0.4) is 0 Å². The van der Waals surface area contributed by atoms with Crippen molar-refractivity contribution in [1.29, 1.82) is 0 Å². The minimum Gasteiger partial charge on any atom is -0.383 e. The highest BCUT2D eigenvalue weighted by Gasteiger charge is 2.16. The standard InChI is InChI=1S/C11H26N2O/c1-11(2,3)13(4)8-6-7-10(12)9-14-5/h10H,6-9,12H2,1-5H3. The fraction of sp³-hybridized carbons (Fsp3) is 1.00. The molecule has 2 N–H and O–H groups in total. The molecule has 0 aromatic heterocycles. The molecule has 86 valence electrons. The summed E-state index contributed by atoms with van der Waals surface area (Å²) in [4.78, 5) is 2.35. The van der Waals surface area contributed by atoms with Crippen molar-refractivity contribution in [2.45, 2.75) is 45.2 Å². The van der Waals surface area contributed by atoms with Gasteiger partial charge in [-0.3, -0.25) is 0 Å². The molecular formula is C11H26N2O. The van der Waals surface area contributed by atoms with Crippen LogP contribution in [-0.4, -0.2) is 43.8 Å². The minimum absolute atomic E-state index is 0.188. The fourth-order valence-electron chi connectivity index (χ4n) is 1.22. The molecule has 0 aromatic carbocycles. The maximum atomic E-state index is 5.84. The average Bonchev–Trinajstić information content (AvgIpc) is 2.02. The molecule has 3 nitrogen and oxygen atoms in total. The van der Waals surface area contributed by atoms with Crippen LogP contribution in [0.1, 0.15) is 33.6 Å². The van der Waals surface area contributed by atoms with Crippen LogP contribution in [-0.2, 0) is 4.74 Å². The maximum absolute atomic E-state index is 5.84. The number of hydrogen-bond acceptors (Lipinski definition) is 3. The van der Waals surface area contributed by atoms with Gasteiger partial charge in [-0.2, -0.15) is 0 Å². The van der Waals surface area contributed by atoms with E-state index >= 15 is 0 Å². The van der Waals surface area contributed by atoms with E-state index in [2.05, 4.69) is 32.7 Å². The number of nitrogens with zero attached hydrogens (tertiary/aromatic N) is 1. The zero-order valence-corrected chi connectivity index (χ0v) is 10.3. The Hall–Kier alpha value is -0.120. The Balaban J connectivity index is 3.54. The highest BCUT2D eigenvalue weighted by molar-refractivity contribution is 4.73. The summed E-state index contributed by atoms with van der Waals surface area (Å²) in [6.45, 7) is 8.44. The summed E-state index contributed by atoms with van der Waals surface area (Å²) in [5, 5.41) is 0. The van der Waals surface area contributed by atoms with E-state index in [0.29, 0.717) is 6.61 Å². The zero-order valence-electron chi connectivity index (χ0n) is 10.3. The monoisotopic (exact) mass is 202 g/mol. The van der Waals surface area contributed by atoms with Crippen molar-refractivity contribution in [3.63, 3.8) is 0 Å². The Morgan fingerprint density at radius 2 is 1.93 bits per heavy atom. The molecule has 3 heteroatoms. The number of rotatable bonds is 6. The Morgan fingerprint density at radius 1 is 1.36 bits per heavy atom. The summed E-state index contributed by atoms with van der Waals surface area (Å²) in [7, 11) is 3.85. The lowest BCUT2D eigenvalue weighted by molar-refractivity contribution is 0.156. The molecule has 0 aliphatic carbocycles. The van der Waals surface area contributed by atoms with E-state index in [1.54, 1.807) is 7.11 Å². The second kappa shape index (κ2) is 6.38. The molecule has 0 bridgehead atoms. The van der Waals surface area contributed by atoms with Crippen molar-refractivity contribution >= 4 is 0 Å². The van der Waals surface area contributed by atoms with Crippen LogP contribution in [0.5, 0.6) is 0 Å². The lowest BCUT2D eigenvalue weighted by Gasteiger charge is -2.32. The van der Waals surface area contributed by atoms with Crippen LogP contribution in [0.15, 0.2) is 0 Å². The van der Waals surface area contributed by atoms with Gasteiger partial charge in [-0.05, 0) is 47.2 Å². The van der Waals surface area contributed by atoms with Gasteiger partial charge >= 0.3 is 0 Å². The van der Waals surface area contributed by atoms with E-state index in [1.807, 2.05) is 0 Å². The molecular weight excluding hydrogens is 176 g/mol. The van der Waals surface area contributed by atoms with E-state index in [0.717, 1.165) is 19.4 Å². The molecule has 0 saturated heterocycles. The molecule has 0 radical (unpaired) electrons. The van der Waals surface area contributed by atoms with Gasteiger partial charge in [-0.25, -0.2) is 0 Å². The Kier molecular flexibility index (Phi) is 6.33. The highest BCUT2D eigenvalue weighted by Crippen LogP contribution is 2.11. The molecule has 0 fully saturated rings. The Bertz CT molecular complexity index is 143. The number of ether oxygens (including phenoxy) is 1. The van der Waals surface area contributed by atoms with Crippen LogP contribution in [0, 0.1) is 0 Å². The second-order valence-corrected chi connectivity index (χ2v) is 4.95. The van der Waals surface area contributed by atoms with Crippen LogP contribution >= 0.6 is 0 Å². The van der Waals surface area contributed by atoms with Crippen molar-refractivity contribution in [1.82, 2.24) is 4.90 Å². The summed E-state index contributed by atoms with van der Waals surface area (Å²) in [6.07, 6.45) is 2.17. The first-order valence-corrected chi connectivity index (χ1v) is 5.33. The minimum atomic E-state index is 0.188. The third-order valence-electron chi connectivity index (χ3n) is 2.59. The fourth-order valence-corrected chi connectivity index (χ4v) is 1.22. The summed E-state index contributed by atoms with van der Waals surface area (Å²) >= 11 is 0. The molecule has 14 heavy (non-hydrogen) atoms. The number of methoxy groups -OCH3 is 1. The number of nitrogens with two attached hydrogens (primary N) is 1. The third-order valence-corrected chi connectivity index (χ3v) is 2.59. The molecule has 0 aromatic rings. The average molecular weight is 202 g/mol. The van der Waals surface area contributed by atoms with Gasteiger partial charge in [0.1, 0.15) is 0 Å². The molecule has 0 aliphatic rings. The van der Waals surface area contributed by atoms with Crippen molar-refractivity contribution in [3.05, 3.63) is 0 Å². The van der Waals surface area contributed by atoms with E-state index in [9.17, 15) is 0 Å². The van der Waals surface area contributed by atoms with E-state index in [4.69, 9.17) is 10.5 Å². The first kappa shape index (κ1) is 13.9. The van der Waals surface area contributed by atoms with E-state index in [-0.39, 0.29) is 11.6 Å². The molecule has 1 unspecified atom stereocenters. The van der Waals surface area contributed by atoms with E-state index < -0.39 is 0 Å². The van der Waals surface area contributed by atoms with Gasteiger partial charge < -0.3 is 15.4 Å². The molecule has 0 heterocycles. The van der Waals surface area contributed by atoms with Gasteiger partial charge in [0, 0.05) is 18.7 Å². The van der Waals surface area contributed by atoms with Gasteiger partial charge in [0.2, 0.25) is 0 Å². The predicted molar refractivity (Wildman–Crippen MR) is 61.5 cm³/mol. The van der Waals surface area contributed by atoms with Crippen molar-refractivity contribution in [2.75, 3.05) is 27.3 Å². The van der Waals surface area contributed by atoms with Gasteiger partial charge in [0.05, 0.1) is 6.61 Å². The summed E-state index contributed by atoms with van der Waals surface area (Å²) < 4.78 is 4.99. The van der Waals surface area contributed by atoms with Gasteiger partial charge in [-0.1, -0.05) is 0 Å². The SMILES string of the molecule is COCC(N)CCCN(C)C(C)(C)C. The number of hydrogen-bond donors (Lipinski definition) is 1. The Morgan fingerprint density at radius 3 is 2.36 bits per heavy atom.